The number of esters is 4. The second-order valence-electron chi connectivity index (χ2n) is 33.1. The topological polar surface area (TPSA) is 237 Å². The lowest BCUT2D eigenvalue weighted by molar-refractivity contribution is -0.161. The summed E-state index contributed by atoms with van der Waals surface area (Å²) in [5.41, 5.74) is 0. The van der Waals surface area contributed by atoms with Crippen molar-refractivity contribution in [2.24, 2.45) is 17.8 Å². The number of carbonyl (C=O) groups is 4. The third-order valence-corrected chi connectivity index (χ3v) is 22.5. The number of hydrogen-bond acceptors (Lipinski definition) is 15. The van der Waals surface area contributed by atoms with Crippen LogP contribution >= 0.6 is 15.6 Å². The second-order valence-corrected chi connectivity index (χ2v) is 36.0. The molecule has 0 rings (SSSR count). The molecule has 0 heterocycles. The van der Waals surface area contributed by atoms with E-state index in [-0.39, 0.29) is 25.7 Å². The van der Waals surface area contributed by atoms with Crippen LogP contribution < -0.4 is 0 Å². The second kappa shape index (κ2) is 78.0. The summed E-state index contributed by atoms with van der Waals surface area (Å²) in [4.78, 5) is 73.2. The quantitative estimate of drug-likeness (QED) is 0.0222. The zero-order valence-corrected chi connectivity index (χ0v) is 72.4. The molecule has 0 saturated heterocycles. The number of carbonyl (C=O) groups excluding carboxylic acids is 4. The fourth-order valence-electron chi connectivity index (χ4n) is 13.7. The lowest BCUT2D eigenvalue weighted by Gasteiger charge is -2.21. The van der Waals surface area contributed by atoms with E-state index in [1.165, 1.54) is 270 Å². The molecule has 0 aliphatic carbocycles. The highest BCUT2D eigenvalue weighted by Crippen LogP contribution is 2.45. The maximum atomic E-state index is 13.2. The molecular formula is C88H172O17P2. The van der Waals surface area contributed by atoms with E-state index >= 15 is 0 Å². The van der Waals surface area contributed by atoms with Crippen LogP contribution in [0.4, 0.5) is 0 Å². The van der Waals surface area contributed by atoms with Crippen LogP contribution in [-0.4, -0.2) is 96.7 Å². The SMILES string of the molecule is CCCCCCCCCCCCCCCCCCCCC(=O)O[C@H](COC(=O)CCCCCCCCC(C)C)COP(=O)(O)OC[C@H](O)COP(=O)(O)OC[C@@H](COC(=O)CCCCCCCCCCCCCCCCCCC(C)C)OC(=O)CCCCCCCCCCCCCCCCCCCCC(C)C. The fourth-order valence-corrected chi connectivity index (χ4v) is 15.3. The molecule has 0 bridgehead atoms. The Balaban J connectivity index is 5.21. The van der Waals surface area contributed by atoms with Gasteiger partial charge < -0.3 is 33.8 Å². The average molecular weight is 1560 g/mol. The third kappa shape index (κ3) is 81.9. The monoisotopic (exact) mass is 1560 g/mol. The first kappa shape index (κ1) is 105. The summed E-state index contributed by atoms with van der Waals surface area (Å²) in [6.45, 7) is 12.0. The predicted octanol–water partition coefficient (Wildman–Crippen LogP) is 26.9. The van der Waals surface area contributed by atoms with Gasteiger partial charge in [-0.1, -0.05) is 414 Å². The zero-order valence-electron chi connectivity index (χ0n) is 70.6. The highest BCUT2D eigenvalue weighted by Gasteiger charge is 2.31. The molecule has 17 nitrogen and oxygen atoms in total. The molecule has 0 aliphatic heterocycles. The van der Waals surface area contributed by atoms with Crippen LogP contribution in [0.2, 0.25) is 0 Å². The molecule has 3 N–H and O–H groups in total. The Bertz CT molecular complexity index is 2060. The Hall–Kier alpha value is -1.94. The van der Waals surface area contributed by atoms with Crippen LogP contribution in [0.25, 0.3) is 0 Å². The summed E-state index contributed by atoms with van der Waals surface area (Å²) < 4.78 is 68.9. The first-order valence-corrected chi connectivity index (χ1v) is 48.3. The average Bonchev–Trinajstić information content (AvgIpc) is 0.901. The van der Waals surface area contributed by atoms with Crippen LogP contribution in [0.3, 0.4) is 0 Å². The van der Waals surface area contributed by atoms with Gasteiger partial charge in [-0.05, 0) is 43.4 Å². The summed E-state index contributed by atoms with van der Waals surface area (Å²) in [6.07, 6.45) is 69.7. The molecule has 19 heteroatoms. The smallest absolute Gasteiger partial charge is 0.462 e. The largest absolute Gasteiger partial charge is 0.472 e. The van der Waals surface area contributed by atoms with Crippen molar-refractivity contribution in [3.8, 4) is 0 Å². The molecule has 5 atom stereocenters. The summed E-state index contributed by atoms with van der Waals surface area (Å²) in [6, 6.07) is 0. The van der Waals surface area contributed by atoms with Gasteiger partial charge in [0.2, 0.25) is 0 Å². The molecule has 636 valence electrons. The Morgan fingerprint density at radius 1 is 0.252 bits per heavy atom. The summed E-state index contributed by atoms with van der Waals surface area (Å²) in [5, 5.41) is 10.7. The van der Waals surface area contributed by atoms with Crippen molar-refractivity contribution < 1.29 is 80.2 Å². The number of phosphoric ester groups is 2. The Morgan fingerprint density at radius 3 is 0.636 bits per heavy atom. The minimum atomic E-state index is -4.97. The maximum Gasteiger partial charge on any atom is 0.472 e. The van der Waals surface area contributed by atoms with Crippen LogP contribution in [0.5, 0.6) is 0 Å². The number of phosphoric acid groups is 2. The molecule has 0 fully saturated rings. The van der Waals surface area contributed by atoms with Gasteiger partial charge in [-0.15, -0.1) is 0 Å². The summed E-state index contributed by atoms with van der Waals surface area (Å²) in [7, 11) is -9.93. The van der Waals surface area contributed by atoms with Crippen molar-refractivity contribution in [3.63, 3.8) is 0 Å². The molecule has 0 radical (unpaired) electrons. The van der Waals surface area contributed by atoms with E-state index in [1.807, 2.05) is 0 Å². The molecule has 107 heavy (non-hydrogen) atoms. The highest BCUT2D eigenvalue weighted by atomic mass is 31.2. The van der Waals surface area contributed by atoms with Crippen molar-refractivity contribution >= 4 is 39.5 Å². The molecule has 0 saturated carbocycles. The maximum absolute atomic E-state index is 13.2. The van der Waals surface area contributed by atoms with Crippen LogP contribution in [0.15, 0.2) is 0 Å². The summed E-state index contributed by atoms with van der Waals surface area (Å²) >= 11 is 0. The van der Waals surface area contributed by atoms with Crippen LogP contribution in [0, 0.1) is 17.8 Å². The first-order chi connectivity index (χ1) is 51.7. The Labute approximate surface area is 658 Å². The normalized spacial score (nSPS) is 13.8. The van der Waals surface area contributed by atoms with Crippen molar-refractivity contribution in [1.29, 1.82) is 0 Å². The fraction of sp³-hybridized carbons (Fsp3) is 0.955. The van der Waals surface area contributed by atoms with Crippen molar-refractivity contribution in [2.75, 3.05) is 39.6 Å². The Kier molecular flexibility index (Phi) is 76.6. The molecule has 0 aromatic heterocycles. The number of aliphatic hydroxyl groups excluding tert-OH is 1. The molecule has 0 spiro atoms. The predicted molar refractivity (Wildman–Crippen MR) is 441 cm³/mol. The van der Waals surface area contributed by atoms with E-state index in [1.54, 1.807) is 0 Å². The van der Waals surface area contributed by atoms with Gasteiger partial charge >= 0.3 is 39.5 Å². The molecule has 0 aromatic carbocycles. The van der Waals surface area contributed by atoms with Gasteiger partial charge in [-0.3, -0.25) is 37.3 Å². The van der Waals surface area contributed by atoms with Gasteiger partial charge in [-0.25, -0.2) is 9.13 Å². The van der Waals surface area contributed by atoms with Crippen LogP contribution in [0.1, 0.15) is 466 Å². The number of rotatable bonds is 86. The number of hydrogen-bond donors (Lipinski definition) is 3. The lowest BCUT2D eigenvalue weighted by Crippen LogP contribution is -2.30. The molecule has 0 aromatic rings. The highest BCUT2D eigenvalue weighted by molar-refractivity contribution is 7.47. The standard InChI is InChI=1S/C88H172O17P2/c1-8-9-10-11-12-13-14-15-16-17-21-28-33-38-43-48-57-65-72-88(93)105-84(76-99-86(91)70-63-56-51-50-54-61-68-81(6)7)78-103-107(96,97)101-74-82(89)73-100-106(94,95)102-77-83(75-98-85(90)69-62-55-47-42-37-32-27-24-23-26-31-36-41-46-53-60-67-80(4)5)104-87(92)71-64-58-49-44-39-34-29-22-19-18-20-25-30-35-40-45-52-59-66-79(2)3/h79-84,89H,8-78H2,1-7H3,(H,94,95)(H,96,97)/t82-,83-,84-/m1/s1. The van der Waals surface area contributed by atoms with E-state index in [0.29, 0.717) is 31.6 Å². The Morgan fingerprint density at radius 2 is 0.430 bits per heavy atom. The van der Waals surface area contributed by atoms with E-state index < -0.39 is 97.5 Å². The zero-order chi connectivity index (χ0) is 78.6. The van der Waals surface area contributed by atoms with Crippen molar-refractivity contribution in [1.82, 2.24) is 0 Å². The summed E-state index contributed by atoms with van der Waals surface area (Å²) in [5.74, 6) is 0.208. The number of unbranched alkanes of at least 4 members (excludes halogenated alkanes) is 54. The van der Waals surface area contributed by atoms with Gasteiger partial charge in [0, 0.05) is 25.7 Å². The van der Waals surface area contributed by atoms with Crippen molar-refractivity contribution in [2.45, 2.75) is 484 Å². The number of aliphatic hydroxyl groups is 1. The van der Waals surface area contributed by atoms with Gasteiger partial charge in [0.05, 0.1) is 26.4 Å². The third-order valence-electron chi connectivity index (χ3n) is 20.6. The van der Waals surface area contributed by atoms with Gasteiger partial charge in [0.1, 0.15) is 19.3 Å². The van der Waals surface area contributed by atoms with E-state index in [9.17, 15) is 43.2 Å². The van der Waals surface area contributed by atoms with E-state index in [2.05, 4.69) is 48.5 Å². The minimum absolute atomic E-state index is 0.108. The molecule has 0 aliphatic rings. The lowest BCUT2D eigenvalue weighted by atomic mass is 10.0. The van der Waals surface area contributed by atoms with Gasteiger partial charge in [0.15, 0.2) is 12.2 Å². The van der Waals surface area contributed by atoms with E-state index in [4.69, 9.17) is 37.0 Å². The van der Waals surface area contributed by atoms with Crippen molar-refractivity contribution in [3.05, 3.63) is 0 Å². The molecule has 2 unspecified atom stereocenters. The van der Waals surface area contributed by atoms with Gasteiger partial charge in [-0.2, -0.15) is 0 Å². The minimum Gasteiger partial charge on any atom is -0.462 e. The van der Waals surface area contributed by atoms with Crippen LogP contribution in [-0.2, 0) is 65.4 Å². The molecule has 0 amide bonds. The number of ether oxygens (including phenoxy) is 4. The first-order valence-electron chi connectivity index (χ1n) is 45.3. The van der Waals surface area contributed by atoms with E-state index in [0.717, 1.165) is 108 Å². The molecular weight excluding hydrogens is 1390 g/mol. The van der Waals surface area contributed by atoms with Gasteiger partial charge in [0.25, 0.3) is 0 Å².